The third-order valence-corrected chi connectivity index (χ3v) is 4.92. The lowest BCUT2D eigenvalue weighted by Gasteiger charge is -2.14. The Labute approximate surface area is 130 Å². The van der Waals surface area contributed by atoms with Gasteiger partial charge in [0, 0.05) is 25.8 Å². The first-order valence-corrected chi connectivity index (χ1v) is 7.94. The van der Waals surface area contributed by atoms with E-state index in [1.165, 1.54) is 0 Å². The van der Waals surface area contributed by atoms with E-state index in [0.29, 0.717) is 30.6 Å². The number of nitrogens with zero attached hydrogens (tertiary/aromatic N) is 3. The molecular formula is C16H23N3O3. The molecule has 2 aliphatic rings. The van der Waals surface area contributed by atoms with Crippen LogP contribution in [0.3, 0.4) is 0 Å². The third-order valence-electron chi connectivity index (χ3n) is 4.92. The van der Waals surface area contributed by atoms with Crippen molar-refractivity contribution in [1.82, 2.24) is 14.7 Å². The Morgan fingerprint density at radius 3 is 2.50 bits per heavy atom. The first kappa shape index (κ1) is 15.1. The number of rotatable bonds is 4. The molecule has 0 unspecified atom stereocenters. The summed E-state index contributed by atoms with van der Waals surface area (Å²) < 4.78 is 1.74. The Morgan fingerprint density at radius 2 is 2.00 bits per heavy atom. The standard InChI is InChI=1S/C16H23N3O3/c1-9(2)14-6-13(17-18(14)3)15(20)19-7-11(10-4-5-10)12(8-19)16(21)22/h6,9-12H,4-5,7-8H2,1-3H3,(H,21,22)/t11-,12+/m1/s1. The van der Waals surface area contributed by atoms with E-state index in [9.17, 15) is 14.7 Å². The summed E-state index contributed by atoms with van der Waals surface area (Å²) in [7, 11) is 1.84. The van der Waals surface area contributed by atoms with E-state index in [-0.39, 0.29) is 11.8 Å². The number of carboxylic acid groups (broad SMARTS) is 1. The van der Waals surface area contributed by atoms with Crippen molar-refractivity contribution in [1.29, 1.82) is 0 Å². The van der Waals surface area contributed by atoms with Gasteiger partial charge in [-0.1, -0.05) is 13.8 Å². The highest BCUT2D eigenvalue weighted by molar-refractivity contribution is 5.93. The van der Waals surface area contributed by atoms with Crippen molar-refractivity contribution in [2.75, 3.05) is 13.1 Å². The molecule has 0 bridgehead atoms. The molecule has 2 fully saturated rings. The maximum Gasteiger partial charge on any atom is 0.308 e. The topological polar surface area (TPSA) is 75.4 Å². The zero-order valence-electron chi connectivity index (χ0n) is 13.3. The largest absolute Gasteiger partial charge is 0.481 e. The molecule has 1 saturated carbocycles. The molecule has 0 radical (unpaired) electrons. The van der Waals surface area contributed by atoms with Crippen molar-refractivity contribution < 1.29 is 14.7 Å². The maximum absolute atomic E-state index is 12.6. The van der Waals surface area contributed by atoms with Crippen molar-refractivity contribution in [3.63, 3.8) is 0 Å². The molecular weight excluding hydrogens is 282 g/mol. The SMILES string of the molecule is CC(C)c1cc(C(=O)N2C[C@H](C(=O)O)[C@@H](C3CC3)C2)nn1C. The molecule has 1 saturated heterocycles. The van der Waals surface area contributed by atoms with Gasteiger partial charge in [-0.25, -0.2) is 0 Å². The van der Waals surface area contributed by atoms with Gasteiger partial charge in [0.15, 0.2) is 5.69 Å². The average molecular weight is 305 g/mol. The number of aliphatic carboxylic acids is 1. The highest BCUT2D eigenvalue weighted by atomic mass is 16.4. The fourth-order valence-corrected chi connectivity index (χ4v) is 3.55. The van der Waals surface area contributed by atoms with Gasteiger partial charge in [0.25, 0.3) is 5.91 Å². The molecule has 6 heteroatoms. The van der Waals surface area contributed by atoms with Crippen LogP contribution < -0.4 is 0 Å². The first-order valence-electron chi connectivity index (χ1n) is 7.94. The van der Waals surface area contributed by atoms with Crippen LogP contribution in [0.2, 0.25) is 0 Å². The monoisotopic (exact) mass is 305 g/mol. The lowest BCUT2D eigenvalue weighted by atomic mass is 9.92. The van der Waals surface area contributed by atoms with E-state index >= 15 is 0 Å². The third kappa shape index (κ3) is 2.62. The van der Waals surface area contributed by atoms with Gasteiger partial charge in [-0.15, -0.1) is 0 Å². The Kier molecular flexibility index (Phi) is 3.70. The van der Waals surface area contributed by atoms with E-state index in [4.69, 9.17) is 0 Å². The van der Waals surface area contributed by atoms with Gasteiger partial charge in [-0.2, -0.15) is 5.10 Å². The molecule has 120 valence electrons. The molecule has 2 heterocycles. The average Bonchev–Trinajstić information content (AvgIpc) is 3.07. The number of hydrogen-bond donors (Lipinski definition) is 1. The summed E-state index contributed by atoms with van der Waals surface area (Å²) >= 11 is 0. The molecule has 1 amide bonds. The van der Waals surface area contributed by atoms with Gasteiger partial charge in [0.2, 0.25) is 0 Å². The van der Waals surface area contributed by atoms with Crippen molar-refractivity contribution in [2.45, 2.75) is 32.6 Å². The van der Waals surface area contributed by atoms with Crippen LogP contribution in [0.1, 0.15) is 48.8 Å². The van der Waals surface area contributed by atoms with Gasteiger partial charge >= 0.3 is 5.97 Å². The van der Waals surface area contributed by atoms with E-state index in [1.807, 2.05) is 13.1 Å². The zero-order valence-corrected chi connectivity index (χ0v) is 13.3. The van der Waals surface area contributed by atoms with Gasteiger partial charge in [0.05, 0.1) is 5.92 Å². The van der Waals surface area contributed by atoms with Crippen molar-refractivity contribution in [3.05, 3.63) is 17.5 Å². The van der Waals surface area contributed by atoms with Crippen LogP contribution in [0.25, 0.3) is 0 Å². The lowest BCUT2D eigenvalue weighted by Crippen LogP contribution is -2.30. The fraction of sp³-hybridized carbons (Fsp3) is 0.688. The Hall–Kier alpha value is -1.85. The minimum Gasteiger partial charge on any atom is -0.481 e. The van der Waals surface area contributed by atoms with Crippen LogP contribution in [0.4, 0.5) is 0 Å². The summed E-state index contributed by atoms with van der Waals surface area (Å²) in [5.41, 5.74) is 1.43. The molecule has 0 aromatic carbocycles. The van der Waals surface area contributed by atoms with Crippen LogP contribution in [-0.2, 0) is 11.8 Å². The fourth-order valence-electron chi connectivity index (χ4n) is 3.55. The molecule has 1 N–H and O–H groups in total. The number of aromatic nitrogens is 2. The highest BCUT2D eigenvalue weighted by Gasteiger charge is 2.47. The second-order valence-corrected chi connectivity index (χ2v) is 6.89. The van der Waals surface area contributed by atoms with Crippen LogP contribution in [0.15, 0.2) is 6.07 Å². The van der Waals surface area contributed by atoms with Crippen molar-refractivity contribution in [3.8, 4) is 0 Å². The van der Waals surface area contributed by atoms with Crippen LogP contribution in [0.5, 0.6) is 0 Å². The molecule has 2 atom stereocenters. The van der Waals surface area contributed by atoms with Crippen molar-refractivity contribution in [2.24, 2.45) is 24.8 Å². The number of carboxylic acids is 1. The van der Waals surface area contributed by atoms with Crippen molar-refractivity contribution >= 4 is 11.9 Å². The summed E-state index contributed by atoms with van der Waals surface area (Å²) in [6.45, 7) is 4.98. The summed E-state index contributed by atoms with van der Waals surface area (Å²) in [4.78, 5) is 25.8. The first-order chi connectivity index (χ1) is 10.4. The minimum absolute atomic E-state index is 0.106. The van der Waals surface area contributed by atoms with Crippen LogP contribution >= 0.6 is 0 Å². The smallest absolute Gasteiger partial charge is 0.308 e. The summed E-state index contributed by atoms with van der Waals surface area (Å²) in [6.07, 6.45) is 2.19. The number of carbonyl (C=O) groups is 2. The van der Waals surface area contributed by atoms with Gasteiger partial charge in [-0.3, -0.25) is 14.3 Å². The summed E-state index contributed by atoms with van der Waals surface area (Å²) in [5.74, 6) is -0.468. The Bertz CT molecular complexity index is 604. The zero-order chi connectivity index (χ0) is 16.0. The number of likely N-dealkylation sites (tertiary alicyclic amines) is 1. The minimum atomic E-state index is -0.781. The van der Waals surface area contributed by atoms with Crippen LogP contribution in [-0.4, -0.2) is 44.8 Å². The predicted molar refractivity (Wildman–Crippen MR) is 80.5 cm³/mol. The quantitative estimate of drug-likeness (QED) is 0.919. The number of carbonyl (C=O) groups excluding carboxylic acids is 1. The molecule has 1 aliphatic carbocycles. The van der Waals surface area contributed by atoms with Crippen LogP contribution in [0, 0.1) is 17.8 Å². The Morgan fingerprint density at radius 1 is 1.32 bits per heavy atom. The summed E-state index contributed by atoms with van der Waals surface area (Å²) in [5, 5.41) is 13.7. The second-order valence-electron chi connectivity index (χ2n) is 6.89. The van der Waals surface area contributed by atoms with E-state index in [0.717, 1.165) is 18.5 Å². The number of amides is 1. The predicted octanol–water partition coefficient (Wildman–Crippen LogP) is 1.73. The van der Waals surface area contributed by atoms with E-state index in [1.54, 1.807) is 9.58 Å². The molecule has 1 aromatic heterocycles. The molecule has 1 aliphatic heterocycles. The van der Waals surface area contributed by atoms with E-state index in [2.05, 4.69) is 18.9 Å². The van der Waals surface area contributed by atoms with Gasteiger partial charge in [-0.05, 0) is 36.7 Å². The number of hydrogen-bond acceptors (Lipinski definition) is 3. The summed E-state index contributed by atoms with van der Waals surface area (Å²) in [6, 6.07) is 1.83. The number of aryl methyl sites for hydroxylation is 1. The highest BCUT2D eigenvalue weighted by Crippen LogP contribution is 2.44. The molecule has 6 nitrogen and oxygen atoms in total. The van der Waals surface area contributed by atoms with E-state index < -0.39 is 11.9 Å². The molecule has 22 heavy (non-hydrogen) atoms. The molecule has 3 rings (SSSR count). The second kappa shape index (κ2) is 5.41. The molecule has 1 aromatic rings. The Balaban J connectivity index is 1.78. The van der Waals surface area contributed by atoms with Gasteiger partial charge < -0.3 is 10.0 Å². The maximum atomic E-state index is 12.6. The van der Waals surface area contributed by atoms with Gasteiger partial charge in [0.1, 0.15) is 0 Å². The molecule has 0 spiro atoms. The normalized spacial score (nSPS) is 25.0. The lowest BCUT2D eigenvalue weighted by molar-refractivity contribution is -0.142.